The van der Waals surface area contributed by atoms with Crippen molar-refractivity contribution in [1.82, 2.24) is 24.7 Å². The lowest BCUT2D eigenvalue weighted by molar-refractivity contribution is 0.414. The van der Waals surface area contributed by atoms with E-state index in [2.05, 4.69) is 55.2 Å². The Balaban J connectivity index is 1.44. The lowest BCUT2D eigenvalue weighted by Crippen LogP contribution is -2.00. The first-order valence-electron chi connectivity index (χ1n) is 10.0. The van der Waals surface area contributed by atoms with E-state index in [0.717, 1.165) is 40.2 Å². The highest BCUT2D eigenvalue weighted by Crippen LogP contribution is 2.29. The van der Waals surface area contributed by atoms with Crippen molar-refractivity contribution in [1.29, 1.82) is 0 Å². The number of thioether (sulfide) groups is 1. The standard InChI is InChI=1S/C24H21N5OS/c1-30-20-8-6-19(7-9-20)29-23(17-10-13-25-14-11-17)27-28-24(29)31-15-12-18-16-26-22-5-3-2-4-21(18)22/h2-11,13-14,16,26H,12,15H2,1H3. The van der Waals surface area contributed by atoms with Gasteiger partial charge in [-0.25, -0.2) is 0 Å². The maximum atomic E-state index is 5.32. The van der Waals surface area contributed by atoms with Crippen molar-refractivity contribution in [3.05, 3.63) is 84.8 Å². The molecule has 2 aromatic carbocycles. The summed E-state index contributed by atoms with van der Waals surface area (Å²) < 4.78 is 7.41. The molecule has 0 bridgehead atoms. The minimum absolute atomic E-state index is 0.794. The Bertz CT molecular complexity index is 1290. The number of aromatic nitrogens is 5. The van der Waals surface area contributed by atoms with Crippen LogP contribution in [0.25, 0.3) is 28.0 Å². The minimum Gasteiger partial charge on any atom is -0.497 e. The van der Waals surface area contributed by atoms with Crippen molar-refractivity contribution in [2.45, 2.75) is 11.6 Å². The highest BCUT2D eigenvalue weighted by atomic mass is 32.2. The number of nitrogens with one attached hydrogen (secondary N) is 1. The zero-order valence-corrected chi connectivity index (χ0v) is 17.8. The number of benzene rings is 2. The Kier molecular flexibility index (Phi) is 5.41. The molecule has 31 heavy (non-hydrogen) atoms. The predicted molar refractivity (Wildman–Crippen MR) is 124 cm³/mol. The molecule has 7 heteroatoms. The fraction of sp³-hybridized carbons (Fsp3) is 0.125. The number of hydrogen-bond donors (Lipinski definition) is 1. The molecule has 5 aromatic rings. The number of methoxy groups -OCH3 is 1. The zero-order chi connectivity index (χ0) is 21.0. The van der Waals surface area contributed by atoms with Crippen LogP contribution >= 0.6 is 11.8 Å². The molecule has 0 unspecified atom stereocenters. The number of aromatic amines is 1. The molecule has 3 heterocycles. The Labute approximate surface area is 184 Å². The highest BCUT2D eigenvalue weighted by molar-refractivity contribution is 7.99. The van der Waals surface area contributed by atoms with Gasteiger partial charge in [0.2, 0.25) is 0 Å². The molecule has 0 aliphatic heterocycles. The second-order valence-corrected chi connectivity index (χ2v) is 8.10. The molecule has 0 saturated heterocycles. The monoisotopic (exact) mass is 427 g/mol. The van der Waals surface area contributed by atoms with E-state index >= 15 is 0 Å². The van der Waals surface area contributed by atoms with Crippen LogP contribution in [0.15, 0.2) is 84.4 Å². The first-order chi connectivity index (χ1) is 15.3. The lowest BCUT2D eigenvalue weighted by atomic mass is 10.1. The Morgan fingerprint density at radius 3 is 2.58 bits per heavy atom. The van der Waals surface area contributed by atoms with Crippen molar-refractivity contribution >= 4 is 22.7 Å². The molecule has 0 spiro atoms. The Hall–Kier alpha value is -3.58. The summed E-state index contributed by atoms with van der Waals surface area (Å²) in [5, 5.41) is 11.1. The molecule has 0 aliphatic rings. The average molecular weight is 428 g/mol. The third-order valence-electron chi connectivity index (χ3n) is 5.18. The van der Waals surface area contributed by atoms with Crippen LogP contribution < -0.4 is 4.74 Å². The van der Waals surface area contributed by atoms with Crippen LogP contribution in [0.3, 0.4) is 0 Å². The SMILES string of the molecule is COc1ccc(-n2c(SCCc3c[nH]c4ccccc34)nnc2-c2ccncc2)cc1. The first kappa shape index (κ1) is 19.4. The summed E-state index contributed by atoms with van der Waals surface area (Å²) >= 11 is 1.70. The molecule has 0 fully saturated rings. The van der Waals surface area contributed by atoms with Gasteiger partial charge in [0, 0.05) is 46.5 Å². The van der Waals surface area contributed by atoms with Crippen LogP contribution in [-0.4, -0.2) is 37.6 Å². The van der Waals surface area contributed by atoms with Gasteiger partial charge in [-0.1, -0.05) is 30.0 Å². The van der Waals surface area contributed by atoms with E-state index in [1.54, 1.807) is 31.3 Å². The number of rotatable bonds is 7. The molecular formula is C24H21N5OS. The lowest BCUT2D eigenvalue weighted by Gasteiger charge is -2.11. The molecule has 0 atom stereocenters. The number of aryl methyl sites for hydroxylation is 1. The van der Waals surface area contributed by atoms with Crippen LogP contribution in [0.4, 0.5) is 0 Å². The second-order valence-electron chi connectivity index (χ2n) is 7.03. The van der Waals surface area contributed by atoms with E-state index in [1.807, 2.05) is 36.4 Å². The van der Waals surface area contributed by atoms with E-state index in [0.29, 0.717) is 0 Å². The number of para-hydroxylation sites is 1. The third kappa shape index (κ3) is 3.92. The van der Waals surface area contributed by atoms with Crippen LogP contribution in [0.5, 0.6) is 5.75 Å². The van der Waals surface area contributed by atoms with Crippen molar-refractivity contribution in [3.63, 3.8) is 0 Å². The number of pyridine rings is 1. The molecule has 154 valence electrons. The average Bonchev–Trinajstić information content (AvgIpc) is 3.44. The maximum absolute atomic E-state index is 5.32. The summed E-state index contributed by atoms with van der Waals surface area (Å²) in [7, 11) is 1.67. The van der Waals surface area contributed by atoms with Gasteiger partial charge in [-0.05, 0) is 54.4 Å². The zero-order valence-electron chi connectivity index (χ0n) is 17.0. The van der Waals surface area contributed by atoms with Crippen molar-refractivity contribution in [3.8, 4) is 22.8 Å². The van der Waals surface area contributed by atoms with Crippen LogP contribution in [-0.2, 0) is 6.42 Å². The molecule has 0 amide bonds. The Morgan fingerprint density at radius 2 is 1.77 bits per heavy atom. The van der Waals surface area contributed by atoms with Crippen LogP contribution in [0.1, 0.15) is 5.56 Å². The van der Waals surface area contributed by atoms with Crippen molar-refractivity contribution in [2.24, 2.45) is 0 Å². The smallest absolute Gasteiger partial charge is 0.196 e. The van der Waals surface area contributed by atoms with Gasteiger partial charge in [-0.15, -0.1) is 10.2 Å². The van der Waals surface area contributed by atoms with E-state index in [-0.39, 0.29) is 0 Å². The van der Waals surface area contributed by atoms with Crippen LogP contribution in [0.2, 0.25) is 0 Å². The van der Waals surface area contributed by atoms with E-state index < -0.39 is 0 Å². The normalized spacial score (nSPS) is 11.1. The van der Waals surface area contributed by atoms with Crippen molar-refractivity contribution in [2.75, 3.05) is 12.9 Å². The van der Waals surface area contributed by atoms with Gasteiger partial charge in [0.15, 0.2) is 11.0 Å². The number of ether oxygens (including phenoxy) is 1. The van der Waals surface area contributed by atoms with Gasteiger partial charge in [-0.3, -0.25) is 9.55 Å². The molecule has 1 N–H and O–H groups in total. The second kappa shape index (κ2) is 8.65. The summed E-state index contributed by atoms with van der Waals surface area (Å²) in [5.74, 6) is 2.50. The summed E-state index contributed by atoms with van der Waals surface area (Å²) in [4.78, 5) is 7.47. The molecule has 3 aromatic heterocycles. The maximum Gasteiger partial charge on any atom is 0.196 e. The fourth-order valence-corrected chi connectivity index (χ4v) is 4.53. The van der Waals surface area contributed by atoms with Gasteiger partial charge in [0.25, 0.3) is 0 Å². The number of nitrogens with zero attached hydrogens (tertiary/aromatic N) is 4. The van der Waals surface area contributed by atoms with E-state index in [4.69, 9.17) is 4.74 Å². The molecule has 0 saturated carbocycles. The summed E-state index contributed by atoms with van der Waals surface area (Å²) in [6.45, 7) is 0. The minimum atomic E-state index is 0.794. The predicted octanol–water partition coefficient (Wildman–Crippen LogP) is 5.15. The van der Waals surface area contributed by atoms with E-state index in [1.165, 1.54) is 16.5 Å². The van der Waals surface area contributed by atoms with Gasteiger partial charge in [0.05, 0.1) is 7.11 Å². The van der Waals surface area contributed by atoms with E-state index in [9.17, 15) is 0 Å². The topological polar surface area (TPSA) is 68.6 Å². The molecule has 0 radical (unpaired) electrons. The van der Waals surface area contributed by atoms with Gasteiger partial charge < -0.3 is 9.72 Å². The fourth-order valence-electron chi connectivity index (χ4n) is 3.61. The number of hydrogen-bond acceptors (Lipinski definition) is 5. The molecule has 5 rings (SSSR count). The summed E-state index contributed by atoms with van der Waals surface area (Å²) in [6.07, 6.45) is 6.58. The summed E-state index contributed by atoms with van der Waals surface area (Å²) in [6, 6.07) is 20.2. The van der Waals surface area contributed by atoms with Gasteiger partial charge in [-0.2, -0.15) is 0 Å². The number of H-pyrrole nitrogens is 1. The van der Waals surface area contributed by atoms with Gasteiger partial charge in [0.1, 0.15) is 5.75 Å². The number of fused-ring (bicyclic) bond motifs is 1. The third-order valence-corrected chi connectivity index (χ3v) is 6.11. The Morgan fingerprint density at radius 1 is 0.968 bits per heavy atom. The van der Waals surface area contributed by atoms with Gasteiger partial charge >= 0.3 is 0 Å². The highest BCUT2D eigenvalue weighted by Gasteiger charge is 2.16. The largest absolute Gasteiger partial charge is 0.497 e. The summed E-state index contributed by atoms with van der Waals surface area (Å²) in [5.41, 5.74) is 4.45. The first-order valence-corrected chi connectivity index (χ1v) is 11.0. The molecular weight excluding hydrogens is 406 g/mol. The van der Waals surface area contributed by atoms with Crippen LogP contribution in [0, 0.1) is 0 Å². The van der Waals surface area contributed by atoms with Crippen molar-refractivity contribution < 1.29 is 4.74 Å². The molecule has 0 aliphatic carbocycles. The molecule has 6 nitrogen and oxygen atoms in total. The quantitative estimate of drug-likeness (QED) is 0.364.